The Morgan fingerprint density at radius 1 is 0.509 bits per heavy atom. The minimum Gasteiger partial charge on any atom is -0.455 e. The molecule has 8 aromatic carbocycles. The number of fused-ring (bicyclic) bond motifs is 9. The molecule has 12 rings (SSSR count). The number of aliphatic imine (C=N–C) groups is 1. The maximum atomic E-state index is 6.70. The lowest BCUT2D eigenvalue weighted by molar-refractivity contribution is 0.409. The van der Waals surface area contributed by atoms with E-state index in [1.807, 2.05) is 23.5 Å². The highest BCUT2D eigenvalue weighted by molar-refractivity contribution is 7.25. The molecule has 1 aliphatic rings. The van der Waals surface area contributed by atoms with Crippen LogP contribution >= 0.6 is 11.3 Å². The van der Waals surface area contributed by atoms with Gasteiger partial charge in [0.15, 0.2) is 0 Å². The first kappa shape index (κ1) is 32.3. The van der Waals surface area contributed by atoms with Gasteiger partial charge in [-0.1, -0.05) is 140 Å². The fourth-order valence-corrected chi connectivity index (χ4v) is 9.95. The molecule has 270 valence electrons. The molecule has 3 aromatic heterocycles. The van der Waals surface area contributed by atoms with Crippen LogP contribution in [0.3, 0.4) is 0 Å². The number of hydrogen-bond acceptors (Lipinski definition) is 5. The highest BCUT2D eigenvalue weighted by Gasteiger charge is 2.26. The summed E-state index contributed by atoms with van der Waals surface area (Å²) in [6.07, 6.45) is -0.355. The number of rotatable bonds is 5. The number of hydrogen-bond donors (Lipinski definition) is 2. The first-order valence-electron chi connectivity index (χ1n) is 19.3. The normalized spacial score (nSPS) is 15.9. The number of nitrogens with one attached hydrogen (secondary N) is 2. The molecule has 0 radical (unpaired) electrons. The van der Waals surface area contributed by atoms with E-state index < -0.39 is 0 Å². The third-order valence-electron chi connectivity index (χ3n) is 11.5. The Morgan fingerprint density at radius 3 is 1.98 bits per heavy atom. The van der Waals surface area contributed by atoms with E-state index in [4.69, 9.17) is 9.41 Å². The van der Waals surface area contributed by atoms with Gasteiger partial charge in [-0.25, -0.2) is 4.99 Å². The maximum Gasteiger partial charge on any atom is 0.143 e. The Labute approximate surface area is 332 Å². The summed E-state index contributed by atoms with van der Waals surface area (Å²) in [7, 11) is 0. The molecule has 6 heteroatoms. The summed E-state index contributed by atoms with van der Waals surface area (Å²) in [5.74, 6) is 0.868. The second kappa shape index (κ2) is 12.8. The van der Waals surface area contributed by atoms with Crippen LogP contribution in [0.5, 0.6) is 0 Å². The van der Waals surface area contributed by atoms with E-state index in [0.29, 0.717) is 0 Å². The summed E-state index contributed by atoms with van der Waals surface area (Å²) >= 11 is 1.85. The number of amidine groups is 1. The minimum atomic E-state index is -0.194. The average Bonchev–Trinajstić information content (AvgIpc) is 3.95. The molecular formula is C51H34N4OS. The average molecular weight is 751 g/mol. The topological polar surface area (TPSA) is 54.5 Å². The van der Waals surface area contributed by atoms with Crippen LogP contribution in [0, 0.1) is 0 Å². The van der Waals surface area contributed by atoms with E-state index in [9.17, 15) is 0 Å². The standard InChI is InChI=1S/C51H34N4OS/c1-3-12-31(13-4-1)49-52-50(32-14-5-2-6-15-32)54-51(53-49)34-23-27-45-42(28-34)41-19-11-18-36(48(41)56-45)33-22-25-39-40-26-24-35(30-47(40)57-46(39)29-33)55-43-20-9-7-16-37(43)38-17-8-10-21-44(38)55/h1-30,49,51,53H,(H,52,54). The number of furan rings is 1. The van der Waals surface area contributed by atoms with Crippen LogP contribution in [-0.2, 0) is 0 Å². The molecular weight excluding hydrogens is 717 g/mol. The molecule has 1 aliphatic heterocycles. The lowest BCUT2D eigenvalue weighted by Crippen LogP contribution is -2.44. The molecule has 4 heterocycles. The maximum absolute atomic E-state index is 6.70. The van der Waals surface area contributed by atoms with Crippen LogP contribution in [0.25, 0.3) is 80.7 Å². The summed E-state index contributed by atoms with van der Waals surface area (Å²) < 4.78 is 11.6. The molecule has 0 amide bonds. The molecule has 0 saturated carbocycles. The van der Waals surface area contributed by atoms with Crippen molar-refractivity contribution in [2.45, 2.75) is 12.3 Å². The smallest absolute Gasteiger partial charge is 0.143 e. The predicted octanol–water partition coefficient (Wildman–Crippen LogP) is 13.1. The molecule has 2 N–H and O–H groups in total. The third-order valence-corrected chi connectivity index (χ3v) is 12.6. The van der Waals surface area contributed by atoms with Crippen molar-refractivity contribution in [1.82, 2.24) is 15.2 Å². The predicted molar refractivity (Wildman–Crippen MR) is 238 cm³/mol. The minimum absolute atomic E-state index is 0.161. The Morgan fingerprint density at radius 2 is 1.19 bits per heavy atom. The van der Waals surface area contributed by atoms with Crippen molar-refractivity contribution in [1.29, 1.82) is 0 Å². The van der Waals surface area contributed by atoms with E-state index in [1.165, 1.54) is 47.7 Å². The fourth-order valence-electron chi connectivity index (χ4n) is 8.78. The van der Waals surface area contributed by atoms with E-state index >= 15 is 0 Å². The zero-order valence-electron chi connectivity index (χ0n) is 30.7. The van der Waals surface area contributed by atoms with Crippen molar-refractivity contribution in [3.05, 3.63) is 199 Å². The van der Waals surface area contributed by atoms with E-state index in [1.54, 1.807) is 0 Å². The monoisotopic (exact) mass is 750 g/mol. The Balaban J connectivity index is 0.923. The van der Waals surface area contributed by atoms with Gasteiger partial charge in [-0.15, -0.1) is 11.3 Å². The van der Waals surface area contributed by atoms with Gasteiger partial charge >= 0.3 is 0 Å². The van der Waals surface area contributed by atoms with Gasteiger partial charge in [0.25, 0.3) is 0 Å². The van der Waals surface area contributed by atoms with Gasteiger partial charge in [0, 0.05) is 58.5 Å². The second-order valence-corrected chi connectivity index (χ2v) is 15.9. The van der Waals surface area contributed by atoms with Crippen LogP contribution in [-0.4, -0.2) is 10.4 Å². The van der Waals surface area contributed by atoms with Gasteiger partial charge in [0.05, 0.1) is 11.0 Å². The van der Waals surface area contributed by atoms with Crippen molar-refractivity contribution < 1.29 is 4.42 Å². The van der Waals surface area contributed by atoms with Crippen LogP contribution in [0.4, 0.5) is 0 Å². The van der Waals surface area contributed by atoms with E-state index in [0.717, 1.165) is 55.6 Å². The van der Waals surface area contributed by atoms with Crippen molar-refractivity contribution in [2.75, 3.05) is 0 Å². The van der Waals surface area contributed by atoms with E-state index in [-0.39, 0.29) is 12.3 Å². The van der Waals surface area contributed by atoms with Gasteiger partial charge in [-0.05, 0) is 59.2 Å². The molecule has 2 unspecified atom stereocenters. The number of benzene rings is 8. The molecule has 57 heavy (non-hydrogen) atoms. The highest BCUT2D eigenvalue weighted by atomic mass is 32.1. The molecule has 0 aliphatic carbocycles. The molecule has 0 bridgehead atoms. The second-order valence-electron chi connectivity index (χ2n) is 14.8. The van der Waals surface area contributed by atoms with Crippen molar-refractivity contribution in [3.8, 4) is 16.8 Å². The highest BCUT2D eigenvalue weighted by Crippen LogP contribution is 2.42. The Kier molecular flexibility index (Phi) is 7.24. The van der Waals surface area contributed by atoms with Crippen molar-refractivity contribution >= 4 is 81.1 Å². The van der Waals surface area contributed by atoms with E-state index in [2.05, 4.69) is 185 Å². The number of nitrogens with zero attached hydrogens (tertiary/aromatic N) is 2. The Hall–Kier alpha value is -6.99. The summed E-state index contributed by atoms with van der Waals surface area (Å²) in [4.78, 5) is 5.09. The van der Waals surface area contributed by atoms with Crippen LogP contribution in [0.1, 0.15) is 29.0 Å². The van der Waals surface area contributed by atoms with Crippen LogP contribution in [0.15, 0.2) is 191 Å². The number of thiophene rings is 1. The largest absolute Gasteiger partial charge is 0.455 e. The summed E-state index contributed by atoms with van der Waals surface area (Å²) in [5, 5.41) is 14.7. The zero-order valence-corrected chi connectivity index (χ0v) is 31.5. The molecule has 5 nitrogen and oxygen atoms in total. The van der Waals surface area contributed by atoms with Gasteiger partial charge < -0.3 is 14.3 Å². The van der Waals surface area contributed by atoms with Crippen LogP contribution < -0.4 is 10.6 Å². The lowest BCUT2D eigenvalue weighted by atomic mass is 10.00. The first-order chi connectivity index (χ1) is 28.2. The molecule has 2 atom stereocenters. The first-order valence-corrected chi connectivity index (χ1v) is 20.2. The summed E-state index contributed by atoms with van der Waals surface area (Å²) in [5.41, 5.74) is 10.9. The van der Waals surface area contributed by atoms with Gasteiger partial charge in [-0.2, -0.15) is 0 Å². The third kappa shape index (κ3) is 5.22. The summed E-state index contributed by atoms with van der Waals surface area (Å²) in [6.45, 7) is 0. The van der Waals surface area contributed by atoms with Gasteiger partial charge in [0.2, 0.25) is 0 Å². The van der Waals surface area contributed by atoms with Crippen LogP contribution in [0.2, 0.25) is 0 Å². The molecule has 0 fully saturated rings. The van der Waals surface area contributed by atoms with Gasteiger partial charge in [-0.3, -0.25) is 5.32 Å². The number of para-hydroxylation sites is 3. The molecule has 0 spiro atoms. The van der Waals surface area contributed by atoms with Gasteiger partial charge in [0.1, 0.15) is 29.3 Å². The fraction of sp³-hybridized carbons (Fsp3) is 0.0392. The molecule has 0 saturated heterocycles. The number of aromatic nitrogens is 1. The Bertz CT molecular complexity index is 3320. The quantitative estimate of drug-likeness (QED) is 0.184. The molecule has 11 aromatic rings. The van der Waals surface area contributed by atoms with Crippen molar-refractivity contribution in [3.63, 3.8) is 0 Å². The van der Waals surface area contributed by atoms with Crippen molar-refractivity contribution in [2.24, 2.45) is 4.99 Å². The zero-order chi connectivity index (χ0) is 37.5. The summed E-state index contributed by atoms with van der Waals surface area (Å²) in [6, 6.07) is 64.9. The SMILES string of the molecule is c1ccc(C2=NC(c3ccccc3)NC(c3ccc4oc5c(-c6ccc7c(c6)sc6cc(-n8c9ccccc9c9ccccc98)ccc67)cccc5c4c3)N2)cc1. The lowest BCUT2D eigenvalue weighted by Gasteiger charge is -2.32.